The van der Waals surface area contributed by atoms with Gasteiger partial charge in [-0.2, -0.15) is 0 Å². The zero-order chi connectivity index (χ0) is 17.9. The third-order valence-electron chi connectivity index (χ3n) is 5.20. The maximum atomic E-state index is 13.9. The molecule has 0 amide bonds. The number of halogens is 2. The molecule has 3 rings (SSSR count). The molecule has 1 aliphatic rings. The average Bonchev–Trinajstić information content (AvgIpc) is 2.62. The van der Waals surface area contributed by atoms with Gasteiger partial charge in [-0.25, -0.2) is 8.78 Å². The molecule has 1 aliphatic carbocycles. The van der Waals surface area contributed by atoms with Gasteiger partial charge in [0.1, 0.15) is 11.6 Å². The van der Waals surface area contributed by atoms with Crippen LogP contribution in [-0.4, -0.2) is 12.4 Å². The van der Waals surface area contributed by atoms with Crippen molar-refractivity contribution in [1.82, 2.24) is 0 Å². The molecule has 0 heterocycles. The van der Waals surface area contributed by atoms with Gasteiger partial charge in [-0.05, 0) is 48.8 Å². The molecule has 0 spiro atoms. The van der Waals surface area contributed by atoms with Gasteiger partial charge in [-0.1, -0.05) is 30.3 Å². The van der Waals surface area contributed by atoms with Crippen molar-refractivity contribution in [1.29, 1.82) is 0 Å². The molecule has 2 aromatic rings. The van der Waals surface area contributed by atoms with Crippen LogP contribution in [0.15, 0.2) is 42.5 Å². The highest BCUT2D eigenvalue weighted by molar-refractivity contribution is 5.79. The Balaban J connectivity index is 1.74. The molecule has 25 heavy (non-hydrogen) atoms. The number of aryl methyl sites for hydroxylation is 1. The number of carbonyl (C=O) groups excluding carboxylic acids is 1. The number of rotatable bonds is 5. The van der Waals surface area contributed by atoms with Crippen molar-refractivity contribution in [2.24, 2.45) is 0 Å². The molecule has 2 aromatic carbocycles. The van der Waals surface area contributed by atoms with Crippen LogP contribution in [-0.2, 0) is 10.2 Å². The smallest absolute Gasteiger partial charge is 0.165 e. The van der Waals surface area contributed by atoms with Gasteiger partial charge in [0, 0.05) is 18.9 Å². The number of hydrogen-bond acceptors (Lipinski definition) is 2. The topological polar surface area (TPSA) is 26.3 Å². The molecule has 0 radical (unpaired) electrons. The highest BCUT2D eigenvalue weighted by Gasteiger charge is 2.36. The van der Waals surface area contributed by atoms with Crippen LogP contribution >= 0.6 is 0 Å². The van der Waals surface area contributed by atoms with Crippen molar-refractivity contribution in [2.75, 3.05) is 6.61 Å². The van der Waals surface area contributed by atoms with E-state index in [9.17, 15) is 13.6 Å². The first-order chi connectivity index (χ1) is 12.0. The molecule has 4 heteroatoms. The Morgan fingerprint density at radius 2 is 1.72 bits per heavy atom. The van der Waals surface area contributed by atoms with Crippen LogP contribution in [0.2, 0.25) is 0 Å². The van der Waals surface area contributed by atoms with Crippen molar-refractivity contribution in [3.8, 4) is 5.75 Å². The van der Waals surface area contributed by atoms with E-state index < -0.39 is 11.6 Å². The van der Waals surface area contributed by atoms with Crippen LogP contribution in [0, 0.1) is 18.6 Å². The molecule has 0 saturated heterocycles. The highest BCUT2D eigenvalue weighted by Crippen LogP contribution is 2.41. The lowest BCUT2D eigenvalue weighted by atomic mass is 9.67. The van der Waals surface area contributed by atoms with Crippen LogP contribution in [0.5, 0.6) is 5.75 Å². The van der Waals surface area contributed by atoms with Crippen LogP contribution in [0.25, 0.3) is 0 Å². The second kappa shape index (κ2) is 7.34. The molecule has 0 aliphatic heterocycles. The van der Waals surface area contributed by atoms with Crippen LogP contribution < -0.4 is 4.74 Å². The molecular weight excluding hydrogens is 322 g/mol. The Kier molecular flexibility index (Phi) is 5.16. The minimum Gasteiger partial charge on any atom is -0.490 e. The summed E-state index contributed by atoms with van der Waals surface area (Å²) in [6, 6.07) is 12.3. The fourth-order valence-electron chi connectivity index (χ4n) is 3.58. The fraction of sp³-hybridized carbons (Fsp3) is 0.381. The van der Waals surface area contributed by atoms with E-state index in [0.717, 1.165) is 25.0 Å². The summed E-state index contributed by atoms with van der Waals surface area (Å²) in [7, 11) is 0. The summed E-state index contributed by atoms with van der Waals surface area (Å²) in [6.45, 7) is 1.80. The monoisotopic (exact) mass is 344 g/mol. The van der Waals surface area contributed by atoms with Crippen molar-refractivity contribution < 1.29 is 18.3 Å². The third kappa shape index (κ3) is 3.89. The standard InChI is InChI=1S/C21H22F2O2/c1-15-13-19(23)20(14-18(15)22)25-12-11-21(9-7-17(24)8-10-21)16-5-3-2-4-6-16/h2-6,13-14H,7-12H2,1H3. The van der Waals surface area contributed by atoms with E-state index in [-0.39, 0.29) is 23.3 Å². The second-order valence-corrected chi connectivity index (χ2v) is 6.82. The van der Waals surface area contributed by atoms with Crippen LogP contribution in [0.4, 0.5) is 8.78 Å². The lowest BCUT2D eigenvalue weighted by Crippen LogP contribution is -2.33. The Labute approximate surface area is 146 Å². The number of benzene rings is 2. The quantitative estimate of drug-likeness (QED) is 0.752. The molecule has 1 fully saturated rings. The lowest BCUT2D eigenvalue weighted by molar-refractivity contribution is -0.121. The van der Waals surface area contributed by atoms with Crippen molar-refractivity contribution in [3.05, 3.63) is 65.2 Å². The van der Waals surface area contributed by atoms with Crippen LogP contribution in [0.3, 0.4) is 0 Å². The van der Waals surface area contributed by atoms with E-state index in [2.05, 4.69) is 12.1 Å². The minimum atomic E-state index is -0.550. The first-order valence-corrected chi connectivity index (χ1v) is 8.66. The van der Waals surface area contributed by atoms with Crippen molar-refractivity contribution >= 4 is 5.78 Å². The number of hydrogen-bond donors (Lipinski definition) is 0. The molecule has 0 N–H and O–H groups in total. The maximum absolute atomic E-state index is 13.9. The lowest BCUT2D eigenvalue weighted by Gasteiger charge is -2.37. The predicted molar refractivity (Wildman–Crippen MR) is 92.8 cm³/mol. The Bertz CT molecular complexity index is 746. The van der Waals surface area contributed by atoms with Gasteiger partial charge in [-0.3, -0.25) is 4.79 Å². The first kappa shape index (κ1) is 17.6. The average molecular weight is 344 g/mol. The largest absolute Gasteiger partial charge is 0.490 e. The summed E-state index contributed by atoms with van der Waals surface area (Å²) in [5.41, 5.74) is 1.30. The Morgan fingerprint density at radius 3 is 2.40 bits per heavy atom. The summed E-state index contributed by atoms with van der Waals surface area (Å²) in [6.07, 6.45) is 3.32. The van der Waals surface area contributed by atoms with Gasteiger partial charge in [0.25, 0.3) is 0 Å². The summed E-state index contributed by atoms with van der Waals surface area (Å²) in [5, 5.41) is 0. The number of ketones is 1. The molecule has 132 valence electrons. The van der Waals surface area contributed by atoms with Crippen molar-refractivity contribution in [3.63, 3.8) is 0 Å². The van der Waals surface area contributed by atoms with Gasteiger partial charge in [-0.15, -0.1) is 0 Å². The second-order valence-electron chi connectivity index (χ2n) is 6.82. The van der Waals surface area contributed by atoms with E-state index in [1.165, 1.54) is 12.5 Å². The minimum absolute atomic E-state index is 0.0572. The molecular formula is C21H22F2O2. The third-order valence-corrected chi connectivity index (χ3v) is 5.20. The number of ether oxygens (including phenoxy) is 1. The SMILES string of the molecule is Cc1cc(F)c(OCCC2(c3ccccc3)CCC(=O)CC2)cc1F. The number of carbonyl (C=O) groups is 1. The van der Waals surface area contributed by atoms with Crippen molar-refractivity contribution in [2.45, 2.75) is 44.4 Å². The summed E-state index contributed by atoms with van der Waals surface area (Å²) in [5.74, 6) is -0.791. The molecule has 1 saturated carbocycles. The Hall–Kier alpha value is -2.23. The predicted octanol–water partition coefficient (Wildman–Crippen LogP) is 5.12. The summed E-state index contributed by atoms with van der Waals surface area (Å²) >= 11 is 0. The van der Waals surface area contributed by atoms with Gasteiger partial charge in [0.15, 0.2) is 11.6 Å². The summed E-state index contributed by atoms with van der Waals surface area (Å²) < 4.78 is 33.1. The van der Waals surface area contributed by atoms with Gasteiger partial charge < -0.3 is 4.74 Å². The van der Waals surface area contributed by atoms with E-state index in [1.54, 1.807) is 0 Å². The fourth-order valence-corrected chi connectivity index (χ4v) is 3.58. The van der Waals surface area contributed by atoms with Gasteiger partial charge >= 0.3 is 0 Å². The Morgan fingerprint density at radius 1 is 1.04 bits per heavy atom. The maximum Gasteiger partial charge on any atom is 0.165 e. The highest BCUT2D eigenvalue weighted by atomic mass is 19.1. The molecule has 0 unspecified atom stereocenters. The van der Waals surface area contributed by atoms with E-state index in [1.807, 2.05) is 18.2 Å². The zero-order valence-electron chi connectivity index (χ0n) is 14.4. The van der Waals surface area contributed by atoms with Gasteiger partial charge in [0.2, 0.25) is 0 Å². The van der Waals surface area contributed by atoms with Gasteiger partial charge in [0.05, 0.1) is 6.61 Å². The molecule has 0 aromatic heterocycles. The number of Topliss-reactive ketones (excluding diaryl/α,β-unsaturated/α-hetero) is 1. The van der Waals surface area contributed by atoms with E-state index >= 15 is 0 Å². The van der Waals surface area contributed by atoms with E-state index in [4.69, 9.17) is 4.74 Å². The molecule has 0 atom stereocenters. The zero-order valence-corrected chi connectivity index (χ0v) is 14.4. The summed E-state index contributed by atoms with van der Waals surface area (Å²) in [4.78, 5) is 11.7. The van der Waals surface area contributed by atoms with E-state index in [0.29, 0.717) is 25.0 Å². The normalized spacial score (nSPS) is 16.7. The van der Waals surface area contributed by atoms with Crippen LogP contribution in [0.1, 0.15) is 43.2 Å². The first-order valence-electron chi connectivity index (χ1n) is 8.66. The molecule has 2 nitrogen and oxygen atoms in total. The molecule has 0 bridgehead atoms.